The number of hydrogen-bond donors (Lipinski definition) is 0. The van der Waals surface area contributed by atoms with Crippen LogP contribution in [-0.2, 0) is 9.47 Å². The Labute approximate surface area is 145 Å². The molecule has 1 aliphatic heterocycles. The molecule has 128 valence electrons. The Hall–Kier alpha value is -2.66. The first-order chi connectivity index (χ1) is 12.3. The Balaban J connectivity index is 1.54. The van der Waals surface area contributed by atoms with Gasteiger partial charge in [-0.1, -0.05) is 35.5 Å². The fraction of sp³-hybridized carbons (Fsp3) is 0.300. The number of fused-ring (bicyclic) bond motifs is 1. The van der Waals surface area contributed by atoms with Crippen LogP contribution in [0.5, 0.6) is 0 Å². The Morgan fingerprint density at radius 1 is 1.16 bits per heavy atom. The zero-order chi connectivity index (χ0) is 17.1. The Morgan fingerprint density at radius 3 is 2.84 bits per heavy atom. The van der Waals surface area contributed by atoms with Gasteiger partial charge in [-0.2, -0.15) is 0 Å². The second-order valence-corrected chi connectivity index (χ2v) is 6.20. The van der Waals surface area contributed by atoms with Crippen LogP contribution in [-0.4, -0.2) is 30.4 Å². The maximum absolute atomic E-state index is 12.4. The second-order valence-electron chi connectivity index (χ2n) is 6.20. The number of hydrogen-bond acceptors (Lipinski definition) is 5. The van der Waals surface area contributed by atoms with Gasteiger partial charge in [-0.15, -0.1) is 0 Å². The van der Waals surface area contributed by atoms with Crippen LogP contribution in [0, 0.1) is 0 Å². The average Bonchev–Trinajstić information content (AvgIpc) is 3.11. The van der Waals surface area contributed by atoms with E-state index in [0.29, 0.717) is 23.4 Å². The van der Waals surface area contributed by atoms with Crippen LogP contribution >= 0.6 is 0 Å². The van der Waals surface area contributed by atoms with E-state index in [1.165, 1.54) is 0 Å². The van der Waals surface area contributed by atoms with Crippen LogP contribution in [0.1, 0.15) is 29.6 Å². The van der Waals surface area contributed by atoms with Crippen LogP contribution in [0.25, 0.3) is 22.2 Å². The molecule has 5 nitrogen and oxygen atoms in total. The number of esters is 1. The number of rotatable bonds is 4. The van der Waals surface area contributed by atoms with Crippen molar-refractivity contribution in [1.29, 1.82) is 0 Å². The summed E-state index contributed by atoms with van der Waals surface area (Å²) >= 11 is 0. The van der Waals surface area contributed by atoms with E-state index < -0.39 is 0 Å². The van der Waals surface area contributed by atoms with Crippen molar-refractivity contribution in [3.63, 3.8) is 0 Å². The van der Waals surface area contributed by atoms with E-state index in [2.05, 4.69) is 5.16 Å². The molecule has 2 heterocycles. The van der Waals surface area contributed by atoms with Gasteiger partial charge < -0.3 is 14.0 Å². The predicted molar refractivity (Wildman–Crippen MR) is 93.3 cm³/mol. The summed E-state index contributed by atoms with van der Waals surface area (Å²) in [5.74, 6) is 0.303. The van der Waals surface area contributed by atoms with E-state index >= 15 is 0 Å². The number of aromatic nitrogens is 1. The molecule has 2 aromatic carbocycles. The second kappa shape index (κ2) is 7.07. The van der Waals surface area contributed by atoms with Crippen molar-refractivity contribution in [2.24, 2.45) is 0 Å². The minimum Gasteiger partial charge on any atom is -0.459 e. The van der Waals surface area contributed by atoms with Crippen molar-refractivity contribution in [2.45, 2.75) is 25.4 Å². The van der Waals surface area contributed by atoms with E-state index in [4.69, 9.17) is 14.0 Å². The van der Waals surface area contributed by atoms with E-state index in [1.54, 1.807) is 18.2 Å². The van der Waals surface area contributed by atoms with E-state index in [0.717, 1.165) is 36.8 Å². The summed E-state index contributed by atoms with van der Waals surface area (Å²) in [6.07, 6.45) is 3.15. The van der Waals surface area contributed by atoms with Crippen molar-refractivity contribution in [3.8, 4) is 11.3 Å². The molecule has 0 saturated carbocycles. The maximum atomic E-state index is 12.4. The number of carbonyl (C=O) groups excluding carboxylic acids is 1. The van der Waals surface area contributed by atoms with Crippen molar-refractivity contribution in [2.75, 3.05) is 13.2 Å². The summed E-state index contributed by atoms with van der Waals surface area (Å²) in [6, 6.07) is 15.0. The summed E-state index contributed by atoms with van der Waals surface area (Å²) in [5.41, 5.74) is 2.13. The van der Waals surface area contributed by atoms with Crippen LogP contribution in [0.2, 0.25) is 0 Å². The van der Waals surface area contributed by atoms with E-state index in [1.807, 2.05) is 30.3 Å². The number of carbonyl (C=O) groups is 1. The zero-order valence-corrected chi connectivity index (χ0v) is 13.8. The van der Waals surface area contributed by atoms with Gasteiger partial charge in [0.2, 0.25) is 0 Å². The minimum atomic E-state index is -0.351. The summed E-state index contributed by atoms with van der Waals surface area (Å²) < 4.78 is 16.5. The molecule has 1 saturated heterocycles. The summed E-state index contributed by atoms with van der Waals surface area (Å²) in [6.45, 7) is 1.04. The first kappa shape index (κ1) is 15.8. The quantitative estimate of drug-likeness (QED) is 0.667. The maximum Gasteiger partial charge on any atom is 0.338 e. The lowest BCUT2D eigenvalue weighted by molar-refractivity contribution is -0.0300. The molecule has 5 heteroatoms. The largest absolute Gasteiger partial charge is 0.459 e. The highest BCUT2D eigenvalue weighted by molar-refractivity contribution is 5.98. The lowest BCUT2D eigenvalue weighted by Gasteiger charge is -2.22. The van der Waals surface area contributed by atoms with Gasteiger partial charge >= 0.3 is 5.97 Å². The highest BCUT2D eigenvalue weighted by Gasteiger charge is 2.18. The molecular weight excluding hydrogens is 318 g/mol. The van der Waals surface area contributed by atoms with Gasteiger partial charge in [0.25, 0.3) is 0 Å². The van der Waals surface area contributed by atoms with Gasteiger partial charge in [-0.3, -0.25) is 0 Å². The molecule has 0 bridgehead atoms. The average molecular weight is 337 g/mol. The number of benzene rings is 2. The zero-order valence-electron chi connectivity index (χ0n) is 13.8. The predicted octanol–water partition coefficient (Wildman–Crippen LogP) is 4.22. The SMILES string of the molecule is O=C(OC[C@@H]1CCCCO1)c1ccc2noc(-c3ccccc3)c2c1. The van der Waals surface area contributed by atoms with Gasteiger partial charge in [0.05, 0.1) is 17.1 Å². The summed E-state index contributed by atoms with van der Waals surface area (Å²) in [4.78, 5) is 12.4. The van der Waals surface area contributed by atoms with Crippen LogP contribution in [0.4, 0.5) is 0 Å². The van der Waals surface area contributed by atoms with Gasteiger partial charge in [0.15, 0.2) is 5.76 Å². The third kappa shape index (κ3) is 3.42. The lowest BCUT2D eigenvalue weighted by atomic mass is 10.1. The molecule has 1 atom stereocenters. The first-order valence-corrected chi connectivity index (χ1v) is 8.55. The highest BCUT2D eigenvalue weighted by atomic mass is 16.6. The Morgan fingerprint density at radius 2 is 2.04 bits per heavy atom. The topological polar surface area (TPSA) is 61.6 Å². The van der Waals surface area contributed by atoms with E-state index in [9.17, 15) is 4.79 Å². The van der Waals surface area contributed by atoms with Crippen LogP contribution < -0.4 is 0 Å². The monoisotopic (exact) mass is 337 g/mol. The molecule has 0 amide bonds. The molecule has 0 radical (unpaired) electrons. The lowest BCUT2D eigenvalue weighted by Crippen LogP contribution is -2.25. The highest BCUT2D eigenvalue weighted by Crippen LogP contribution is 2.29. The van der Waals surface area contributed by atoms with Crippen molar-refractivity contribution >= 4 is 16.9 Å². The third-order valence-corrected chi connectivity index (χ3v) is 4.42. The summed E-state index contributed by atoms with van der Waals surface area (Å²) in [5, 5.41) is 4.87. The van der Waals surface area contributed by atoms with Crippen LogP contribution in [0.3, 0.4) is 0 Å². The minimum absolute atomic E-state index is 0.0110. The molecule has 0 N–H and O–H groups in total. The fourth-order valence-electron chi connectivity index (χ4n) is 3.06. The first-order valence-electron chi connectivity index (χ1n) is 8.55. The van der Waals surface area contributed by atoms with Gasteiger partial charge in [-0.25, -0.2) is 4.79 Å². The molecule has 4 rings (SSSR count). The van der Waals surface area contributed by atoms with Crippen molar-refractivity contribution in [3.05, 3.63) is 54.1 Å². The molecule has 0 aliphatic carbocycles. The third-order valence-electron chi connectivity index (χ3n) is 4.42. The molecule has 0 spiro atoms. The molecule has 1 aromatic heterocycles. The molecule has 1 fully saturated rings. The van der Waals surface area contributed by atoms with Gasteiger partial charge in [0, 0.05) is 12.2 Å². The van der Waals surface area contributed by atoms with Crippen molar-refractivity contribution in [1.82, 2.24) is 5.16 Å². The molecule has 1 aliphatic rings. The molecule has 3 aromatic rings. The van der Waals surface area contributed by atoms with Gasteiger partial charge in [-0.05, 0) is 37.5 Å². The summed E-state index contributed by atoms with van der Waals surface area (Å²) in [7, 11) is 0. The number of nitrogens with zero attached hydrogens (tertiary/aromatic N) is 1. The molecular formula is C20H19NO4. The molecule has 25 heavy (non-hydrogen) atoms. The fourth-order valence-corrected chi connectivity index (χ4v) is 3.06. The smallest absolute Gasteiger partial charge is 0.338 e. The van der Waals surface area contributed by atoms with Crippen LogP contribution in [0.15, 0.2) is 53.1 Å². The normalized spacial score (nSPS) is 17.5. The van der Waals surface area contributed by atoms with Crippen molar-refractivity contribution < 1.29 is 18.8 Å². The standard InChI is InChI=1S/C20H19NO4/c22-20(24-13-16-8-4-5-11-23-16)15-9-10-18-17(12-15)19(25-21-18)14-6-2-1-3-7-14/h1-3,6-7,9-10,12,16H,4-5,8,11,13H2/t16-/m0/s1. The van der Waals surface area contributed by atoms with Gasteiger partial charge in [0.1, 0.15) is 12.1 Å². The Bertz CT molecular complexity index is 866. The molecule has 0 unspecified atom stereocenters. The van der Waals surface area contributed by atoms with E-state index in [-0.39, 0.29) is 12.1 Å². The number of ether oxygens (including phenoxy) is 2. The Kier molecular flexibility index (Phi) is 4.48.